The van der Waals surface area contributed by atoms with Crippen LogP contribution < -0.4 is 0 Å². The summed E-state index contributed by atoms with van der Waals surface area (Å²) in [6, 6.07) is 3.59. The largest absolute Gasteiger partial charge is 0.469 e. The molecule has 0 saturated heterocycles. The Labute approximate surface area is 121 Å². The van der Waals surface area contributed by atoms with Crippen LogP contribution in [0.1, 0.15) is 47.2 Å². The molecule has 1 aromatic carbocycles. The first-order valence-electron chi connectivity index (χ1n) is 6.54. The summed E-state index contributed by atoms with van der Waals surface area (Å²) in [7, 11) is 1.28. The number of methoxy groups -OCH3 is 1. The van der Waals surface area contributed by atoms with Gasteiger partial charge in [0, 0.05) is 18.4 Å². The maximum Gasteiger partial charge on any atom is 0.416 e. The quantitative estimate of drug-likeness (QED) is 0.454. The van der Waals surface area contributed by atoms with Gasteiger partial charge in [-0.2, -0.15) is 13.2 Å². The van der Waals surface area contributed by atoms with Gasteiger partial charge in [-0.15, -0.1) is 0 Å². The Hall–Kier alpha value is -1.85. The van der Waals surface area contributed by atoms with Crippen molar-refractivity contribution in [2.75, 3.05) is 7.11 Å². The molecule has 0 saturated carbocycles. The molecule has 6 heteroatoms. The van der Waals surface area contributed by atoms with E-state index in [1.54, 1.807) is 0 Å². The van der Waals surface area contributed by atoms with Gasteiger partial charge in [-0.3, -0.25) is 9.59 Å². The number of carbonyl (C=O) groups excluding carboxylic acids is 2. The molecule has 0 unspecified atom stereocenters. The average molecular weight is 302 g/mol. The lowest BCUT2D eigenvalue weighted by Gasteiger charge is -2.13. The molecular weight excluding hydrogens is 285 g/mol. The number of alkyl halides is 3. The molecule has 0 spiro atoms. The zero-order valence-corrected chi connectivity index (χ0v) is 11.9. The Balaban J connectivity index is 2.69. The highest BCUT2D eigenvalue weighted by atomic mass is 19.4. The molecule has 0 atom stereocenters. The van der Waals surface area contributed by atoms with Gasteiger partial charge < -0.3 is 4.74 Å². The number of rotatable bonds is 6. The molecule has 0 N–H and O–H groups in total. The third kappa shape index (κ3) is 4.88. The van der Waals surface area contributed by atoms with E-state index in [-0.39, 0.29) is 35.7 Å². The molecule has 0 aromatic heterocycles. The van der Waals surface area contributed by atoms with Crippen LogP contribution in [-0.2, 0) is 15.7 Å². The Morgan fingerprint density at radius 2 is 1.76 bits per heavy atom. The molecule has 0 aliphatic rings. The molecule has 1 rings (SSSR count). The predicted octanol–water partition coefficient (Wildman–Crippen LogP) is 3.93. The van der Waals surface area contributed by atoms with E-state index in [1.807, 2.05) is 0 Å². The highest BCUT2D eigenvalue weighted by molar-refractivity contribution is 5.97. The van der Waals surface area contributed by atoms with E-state index >= 15 is 0 Å². The van der Waals surface area contributed by atoms with Gasteiger partial charge in [0.15, 0.2) is 5.78 Å². The molecule has 1 aromatic rings. The number of Topliss-reactive ketones (excluding diaryl/α,β-unsaturated/α-hetero) is 1. The number of ketones is 1. The van der Waals surface area contributed by atoms with Crippen LogP contribution in [0.5, 0.6) is 0 Å². The molecule has 0 fully saturated rings. The minimum atomic E-state index is -4.47. The summed E-state index contributed by atoms with van der Waals surface area (Å²) in [6.45, 7) is 1.30. The lowest BCUT2D eigenvalue weighted by Crippen LogP contribution is -2.11. The zero-order chi connectivity index (χ0) is 16.0. The van der Waals surface area contributed by atoms with E-state index < -0.39 is 11.7 Å². The van der Waals surface area contributed by atoms with Gasteiger partial charge in [0.05, 0.1) is 12.7 Å². The predicted molar refractivity (Wildman–Crippen MR) is 71.0 cm³/mol. The summed E-state index contributed by atoms with van der Waals surface area (Å²) >= 11 is 0. The molecule has 0 aliphatic heterocycles. The van der Waals surface area contributed by atoms with Crippen LogP contribution in [0.25, 0.3) is 0 Å². The molecule has 21 heavy (non-hydrogen) atoms. The highest BCUT2D eigenvalue weighted by Crippen LogP contribution is 2.33. The number of carbonyl (C=O) groups is 2. The van der Waals surface area contributed by atoms with Crippen LogP contribution in [0, 0.1) is 6.92 Å². The van der Waals surface area contributed by atoms with E-state index in [1.165, 1.54) is 26.2 Å². The average Bonchev–Trinajstić information content (AvgIpc) is 2.41. The topological polar surface area (TPSA) is 43.4 Å². The van der Waals surface area contributed by atoms with E-state index in [4.69, 9.17) is 0 Å². The fraction of sp³-hybridized carbons (Fsp3) is 0.467. The Morgan fingerprint density at radius 3 is 2.33 bits per heavy atom. The standard InChI is InChI=1S/C15H17F3O3/c1-10-11(6-5-7-12(10)15(16,17)18)13(19)8-3-4-9-14(20)21-2/h5-7H,3-4,8-9H2,1-2H3. The number of hydrogen-bond donors (Lipinski definition) is 0. The molecule has 3 nitrogen and oxygen atoms in total. The number of halogens is 3. The van der Waals surface area contributed by atoms with E-state index in [9.17, 15) is 22.8 Å². The fourth-order valence-electron chi connectivity index (χ4n) is 2.04. The van der Waals surface area contributed by atoms with E-state index in [2.05, 4.69) is 4.74 Å². The first-order chi connectivity index (χ1) is 9.77. The van der Waals surface area contributed by atoms with Gasteiger partial charge in [0.1, 0.15) is 0 Å². The van der Waals surface area contributed by atoms with Crippen LogP contribution >= 0.6 is 0 Å². The van der Waals surface area contributed by atoms with Crippen molar-refractivity contribution in [3.63, 3.8) is 0 Å². The van der Waals surface area contributed by atoms with E-state index in [0.29, 0.717) is 12.8 Å². The van der Waals surface area contributed by atoms with Crippen molar-refractivity contribution in [1.82, 2.24) is 0 Å². The first-order valence-corrected chi connectivity index (χ1v) is 6.54. The van der Waals surface area contributed by atoms with Crippen molar-refractivity contribution < 1.29 is 27.5 Å². The summed E-state index contributed by atoms with van der Waals surface area (Å²) in [4.78, 5) is 22.9. The van der Waals surface area contributed by atoms with Crippen molar-refractivity contribution in [1.29, 1.82) is 0 Å². The van der Waals surface area contributed by atoms with Gasteiger partial charge in [0.25, 0.3) is 0 Å². The van der Waals surface area contributed by atoms with Crippen molar-refractivity contribution >= 4 is 11.8 Å². The van der Waals surface area contributed by atoms with Crippen LogP contribution in [0.3, 0.4) is 0 Å². The SMILES string of the molecule is COC(=O)CCCCC(=O)c1cccc(C(F)(F)F)c1C. The summed E-state index contributed by atoms with van der Waals surface area (Å²) in [5.41, 5.74) is -0.756. The Morgan fingerprint density at radius 1 is 1.14 bits per heavy atom. The van der Waals surface area contributed by atoms with Gasteiger partial charge in [-0.05, 0) is 31.4 Å². The van der Waals surface area contributed by atoms with Crippen LogP contribution in [0.15, 0.2) is 18.2 Å². The maximum atomic E-state index is 12.8. The second kappa shape index (κ2) is 7.24. The van der Waals surface area contributed by atoms with Gasteiger partial charge >= 0.3 is 12.1 Å². The van der Waals surface area contributed by atoms with Gasteiger partial charge in [-0.25, -0.2) is 0 Å². The minimum Gasteiger partial charge on any atom is -0.469 e. The number of hydrogen-bond acceptors (Lipinski definition) is 3. The number of ether oxygens (including phenoxy) is 1. The number of unbranched alkanes of at least 4 members (excludes halogenated alkanes) is 1. The molecule has 0 aliphatic carbocycles. The van der Waals surface area contributed by atoms with E-state index in [0.717, 1.165) is 6.07 Å². The lowest BCUT2D eigenvalue weighted by molar-refractivity contribution is -0.141. The number of benzene rings is 1. The zero-order valence-electron chi connectivity index (χ0n) is 11.9. The monoisotopic (exact) mass is 302 g/mol. The van der Waals surface area contributed by atoms with Crippen LogP contribution in [-0.4, -0.2) is 18.9 Å². The molecule has 0 radical (unpaired) electrons. The second-order valence-corrected chi connectivity index (χ2v) is 4.68. The maximum absolute atomic E-state index is 12.8. The van der Waals surface area contributed by atoms with Crippen LogP contribution in [0.4, 0.5) is 13.2 Å². The summed E-state index contributed by atoms with van der Waals surface area (Å²) < 4.78 is 42.8. The minimum absolute atomic E-state index is 0.0528. The van der Waals surface area contributed by atoms with Crippen molar-refractivity contribution in [3.8, 4) is 0 Å². The molecule has 0 bridgehead atoms. The number of esters is 1. The third-order valence-corrected chi connectivity index (χ3v) is 3.20. The summed E-state index contributed by atoms with van der Waals surface area (Å²) in [6.07, 6.45) is -3.25. The summed E-state index contributed by atoms with van der Waals surface area (Å²) in [5, 5.41) is 0. The molecule has 116 valence electrons. The lowest BCUT2D eigenvalue weighted by atomic mass is 9.96. The van der Waals surface area contributed by atoms with Crippen molar-refractivity contribution in [2.45, 2.75) is 38.8 Å². The molecule has 0 amide bonds. The normalized spacial score (nSPS) is 11.3. The molecule has 0 heterocycles. The Bertz CT molecular complexity index is 521. The smallest absolute Gasteiger partial charge is 0.416 e. The second-order valence-electron chi connectivity index (χ2n) is 4.68. The molecular formula is C15H17F3O3. The Kier molecular flexibility index (Phi) is 5.93. The highest BCUT2D eigenvalue weighted by Gasteiger charge is 2.33. The van der Waals surface area contributed by atoms with Crippen LogP contribution in [0.2, 0.25) is 0 Å². The van der Waals surface area contributed by atoms with Crippen molar-refractivity contribution in [2.24, 2.45) is 0 Å². The van der Waals surface area contributed by atoms with Crippen molar-refractivity contribution in [3.05, 3.63) is 34.9 Å². The summed E-state index contributed by atoms with van der Waals surface area (Å²) in [5.74, 6) is -0.707. The fourth-order valence-corrected chi connectivity index (χ4v) is 2.04. The van der Waals surface area contributed by atoms with Gasteiger partial charge in [0.2, 0.25) is 0 Å². The van der Waals surface area contributed by atoms with Gasteiger partial charge in [-0.1, -0.05) is 12.1 Å². The first kappa shape index (κ1) is 17.2. The third-order valence-electron chi connectivity index (χ3n) is 3.20.